The van der Waals surface area contributed by atoms with E-state index in [-0.39, 0.29) is 18.8 Å². The first-order valence-corrected chi connectivity index (χ1v) is 6.83. The molecule has 2 aromatic rings. The Kier molecular flexibility index (Phi) is 5.42. The Balaban J connectivity index is 1.84. The van der Waals surface area contributed by atoms with Crippen LogP contribution in [0.4, 0.5) is 13.2 Å². The topological polar surface area (TPSA) is 59.3 Å². The lowest BCUT2D eigenvalue weighted by molar-refractivity contribution is -0.147. The fourth-order valence-corrected chi connectivity index (χ4v) is 1.81. The van der Waals surface area contributed by atoms with E-state index in [0.29, 0.717) is 11.3 Å². The summed E-state index contributed by atoms with van der Waals surface area (Å²) < 4.78 is 47.8. The quantitative estimate of drug-likeness (QED) is 0.782. The third-order valence-electron chi connectivity index (χ3n) is 2.99. The first-order valence-electron chi connectivity index (χ1n) is 6.83. The second-order valence-electron chi connectivity index (χ2n) is 4.78. The maximum Gasteiger partial charge on any atom is 0.416 e. The fourth-order valence-electron chi connectivity index (χ4n) is 1.81. The number of rotatable bonds is 5. The van der Waals surface area contributed by atoms with Crippen LogP contribution < -0.4 is 4.74 Å². The number of nitriles is 1. The van der Waals surface area contributed by atoms with Crippen molar-refractivity contribution in [3.63, 3.8) is 0 Å². The monoisotopic (exact) mass is 335 g/mol. The Morgan fingerprint density at radius 1 is 1.12 bits per heavy atom. The Bertz CT molecular complexity index is 749. The van der Waals surface area contributed by atoms with E-state index >= 15 is 0 Å². The van der Waals surface area contributed by atoms with Crippen LogP contribution in [0.25, 0.3) is 0 Å². The van der Waals surface area contributed by atoms with Gasteiger partial charge < -0.3 is 9.47 Å². The van der Waals surface area contributed by atoms with Gasteiger partial charge in [0.2, 0.25) is 0 Å². The number of ether oxygens (including phenoxy) is 2. The van der Waals surface area contributed by atoms with Crippen molar-refractivity contribution in [1.29, 1.82) is 5.26 Å². The summed E-state index contributed by atoms with van der Waals surface area (Å²) in [5, 5.41) is 8.66. The minimum Gasteiger partial charge on any atom is -0.482 e. The summed E-state index contributed by atoms with van der Waals surface area (Å²) >= 11 is 0. The number of alkyl halides is 3. The highest BCUT2D eigenvalue weighted by atomic mass is 19.4. The molecule has 0 saturated carbocycles. The van der Waals surface area contributed by atoms with Crippen LogP contribution in [-0.2, 0) is 22.3 Å². The van der Waals surface area contributed by atoms with Crippen LogP contribution >= 0.6 is 0 Å². The molecule has 0 saturated heterocycles. The molecular formula is C17H12F3NO3. The van der Waals surface area contributed by atoms with Crippen LogP contribution in [0, 0.1) is 11.3 Å². The molecule has 0 amide bonds. The van der Waals surface area contributed by atoms with Crippen molar-refractivity contribution >= 4 is 5.97 Å². The molecule has 2 rings (SSSR count). The van der Waals surface area contributed by atoms with Gasteiger partial charge in [-0.1, -0.05) is 12.1 Å². The van der Waals surface area contributed by atoms with E-state index in [1.165, 1.54) is 36.4 Å². The smallest absolute Gasteiger partial charge is 0.416 e. The molecule has 0 atom stereocenters. The molecule has 0 fully saturated rings. The van der Waals surface area contributed by atoms with Crippen molar-refractivity contribution in [3.05, 3.63) is 65.2 Å². The highest BCUT2D eigenvalue weighted by Crippen LogP contribution is 2.29. The van der Waals surface area contributed by atoms with Gasteiger partial charge in [-0.05, 0) is 42.0 Å². The van der Waals surface area contributed by atoms with E-state index in [0.717, 1.165) is 12.1 Å². The lowest BCUT2D eigenvalue weighted by atomic mass is 10.1. The predicted molar refractivity (Wildman–Crippen MR) is 77.9 cm³/mol. The number of hydrogen-bond acceptors (Lipinski definition) is 4. The normalized spacial score (nSPS) is 10.8. The van der Waals surface area contributed by atoms with E-state index in [1.54, 1.807) is 0 Å². The summed E-state index contributed by atoms with van der Waals surface area (Å²) in [6.45, 7) is -0.662. The minimum absolute atomic E-state index is 0.233. The summed E-state index contributed by atoms with van der Waals surface area (Å²) in [6, 6.07) is 12.6. The molecule has 124 valence electrons. The molecule has 0 aliphatic carbocycles. The highest BCUT2D eigenvalue weighted by Gasteiger charge is 2.30. The first-order chi connectivity index (χ1) is 11.4. The standard InChI is InChI=1S/C17H12F3NO3/c18-17(19,20)14-3-1-2-13(8-14)10-24-16(22)11-23-15-6-4-12(9-21)5-7-15/h1-8H,10-11H2. The zero-order valence-corrected chi connectivity index (χ0v) is 12.3. The number of carbonyl (C=O) groups excluding carboxylic acids is 1. The van der Waals surface area contributed by atoms with Crippen molar-refractivity contribution in [2.45, 2.75) is 12.8 Å². The Morgan fingerprint density at radius 2 is 1.83 bits per heavy atom. The number of nitrogens with zero attached hydrogens (tertiary/aromatic N) is 1. The van der Waals surface area contributed by atoms with Gasteiger partial charge in [0, 0.05) is 0 Å². The maximum absolute atomic E-state index is 12.6. The minimum atomic E-state index is -4.45. The molecule has 0 heterocycles. The van der Waals surface area contributed by atoms with E-state index < -0.39 is 17.7 Å². The van der Waals surface area contributed by atoms with Crippen LogP contribution in [0.1, 0.15) is 16.7 Å². The molecule has 0 aromatic heterocycles. The Labute approximate surface area is 136 Å². The fraction of sp³-hybridized carbons (Fsp3) is 0.176. The van der Waals surface area contributed by atoms with E-state index in [1.807, 2.05) is 6.07 Å². The zero-order valence-electron chi connectivity index (χ0n) is 12.3. The summed E-state index contributed by atoms with van der Waals surface area (Å²) in [6.07, 6.45) is -4.45. The van der Waals surface area contributed by atoms with Gasteiger partial charge in [-0.15, -0.1) is 0 Å². The van der Waals surface area contributed by atoms with E-state index in [9.17, 15) is 18.0 Å². The molecule has 0 N–H and O–H groups in total. The molecule has 2 aromatic carbocycles. The van der Waals surface area contributed by atoms with Gasteiger partial charge in [-0.2, -0.15) is 18.4 Å². The molecular weight excluding hydrogens is 323 g/mol. The van der Waals surface area contributed by atoms with Gasteiger partial charge >= 0.3 is 12.1 Å². The Morgan fingerprint density at radius 3 is 2.46 bits per heavy atom. The predicted octanol–water partition coefficient (Wildman–Crippen LogP) is 3.70. The number of halogens is 3. The molecule has 7 heteroatoms. The second-order valence-corrected chi connectivity index (χ2v) is 4.78. The van der Waals surface area contributed by atoms with E-state index in [4.69, 9.17) is 14.7 Å². The zero-order chi connectivity index (χ0) is 17.6. The van der Waals surface area contributed by atoms with Crippen molar-refractivity contribution in [2.24, 2.45) is 0 Å². The highest BCUT2D eigenvalue weighted by molar-refractivity contribution is 5.71. The van der Waals surface area contributed by atoms with Crippen LogP contribution in [0.2, 0.25) is 0 Å². The first kappa shape index (κ1) is 17.3. The molecule has 4 nitrogen and oxygen atoms in total. The van der Waals surface area contributed by atoms with E-state index in [2.05, 4.69) is 0 Å². The van der Waals surface area contributed by atoms with Gasteiger partial charge in [0.1, 0.15) is 12.4 Å². The lowest BCUT2D eigenvalue weighted by Crippen LogP contribution is -2.15. The van der Waals surface area contributed by atoms with Crippen molar-refractivity contribution < 1.29 is 27.4 Å². The number of esters is 1. The number of carbonyl (C=O) groups is 1. The van der Waals surface area contributed by atoms with Crippen LogP contribution in [-0.4, -0.2) is 12.6 Å². The molecule has 0 unspecified atom stereocenters. The van der Waals surface area contributed by atoms with Gasteiger partial charge in [-0.3, -0.25) is 0 Å². The van der Waals surface area contributed by atoms with Gasteiger partial charge in [0.05, 0.1) is 17.2 Å². The maximum atomic E-state index is 12.6. The second kappa shape index (κ2) is 7.51. The van der Waals surface area contributed by atoms with Crippen molar-refractivity contribution in [2.75, 3.05) is 6.61 Å². The molecule has 0 spiro atoms. The largest absolute Gasteiger partial charge is 0.482 e. The summed E-state index contributed by atoms with van der Waals surface area (Å²) in [7, 11) is 0. The third-order valence-corrected chi connectivity index (χ3v) is 2.99. The SMILES string of the molecule is N#Cc1ccc(OCC(=O)OCc2cccc(C(F)(F)F)c2)cc1. The summed E-state index contributed by atoms with van der Waals surface area (Å²) in [5.74, 6) is -0.332. The van der Waals surface area contributed by atoms with Crippen LogP contribution in [0.15, 0.2) is 48.5 Å². The molecule has 0 radical (unpaired) electrons. The van der Waals surface area contributed by atoms with Crippen molar-refractivity contribution in [1.82, 2.24) is 0 Å². The van der Waals surface area contributed by atoms with Gasteiger partial charge in [0.15, 0.2) is 6.61 Å². The molecule has 24 heavy (non-hydrogen) atoms. The molecule has 0 aliphatic rings. The summed E-state index contributed by atoms with van der Waals surface area (Å²) in [4.78, 5) is 11.6. The van der Waals surface area contributed by atoms with Gasteiger partial charge in [-0.25, -0.2) is 4.79 Å². The average Bonchev–Trinajstić information content (AvgIpc) is 2.58. The molecule has 0 bridgehead atoms. The van der Waals surface area contributed by atoms with Gasteiger partial charge in [0.25, 0.3) is 0 Å². The molecule has 0 aliphatic heterocycles. The number of hydrogen-bond donors (Lipinski definition) is 0. The lowest BCUT2D eigenvalue weighted by Gasteiger charge is -2.10. The van der Waals surface area contributed by atoms with Crippen molar-refractivity contribution in [3.8, 4) is 11.8 Å². The van der Waals surface area contributed by atoms with Crippen LogP contribution in [0.5, 0.6) is 5.75 Å². The average molecular weight is 335 g/mol. The Hall–Kier alpha value is -3.01. The van der Waals surface area contributed by atoms with Crippen LogP contribution in [0.3, 0.4) is 0 Å². The summed E-state index contributed by atoms with van der Waals surface area (Å²) in [5.41, 5.74) is -0.115. The third kappa shape index (κ3) is 5.02. The number of benzene rings is 2.